The third-order valence-electron chi connectivity index (χ3n) is 5.90. The van der Waals surface area contributed by atoms with E-state index >= 15 is 0 Å². The Kier molecular flexibility index (Phi) is 5.76. The first kappa shape index (κ1) is 20.7. The van der Waals surface area contributed by atoms with Crippen LogP contribution in [-0.2, 0) is 16.0 Å². The van der Waals surface area contributed by atoms with Gasteiger partial charge in [0.15, 0.2) is 5.78 Å². The van der Waals surface area contributed by atoms with Gasteiger partial charge in [-0.3, -0.25) is 9.59 Å². The summed E-state index contributed by atoms with van der Waals surface area (Å²) in [5.41, 5.74) is 1.81. The maximum atomic E-state index is 12.9. The number of hydrogen-bond acceptors (Lipinski definition) is 4. The maximum Gasteiger partial charge on any atom is 0.259 e. The summed E-state index contributed by atoms with van der Waals surface area (Å²) in [6.45, 7) is 1.80. The first-order chi connectivity index (χ1) is 15.0. The lowest BCUT2D eigenvalue weighted by atomic mass is 9.92. The van der Waals surface area contributed by atoms with Crippen molar-refractivity contribution in [1.29, 1.82) is 0 Å². The van der Waals surface area contributed by atoms with Crippen molar-refractivity contribution in [1.82, 2.24) is 5.32 Å². The molecule has 1 heterocycles. The van der Waals surface area contributed by atoms with Crippen molar-refractivity contribution in [2.45, 2.75) is 31.7 Å². The molecular weight excluding hydrogens is 390 g/mol. The van der Waals surface area contributed by atoms with Crippen LogP contribution in [0.1, 0.15) is 30.4 Å². The van der Waals surface area contributed by atoms with E-state index in [-0.39, 0.29) is 17.1 Å². The van der Waals surface area contributed by atoms with Gasteiger partial charge in [-0.2, -0.15) is 0 Å². The topological polar surface area (TPSA) is 75.6 Å². The van der Waals surface area contributed by atoms with E-state index in [0.717, 1.165) is 27.6 Å². The predicted molar refractivity (Wildman–Crippen MR) is 120 cm³/mol. The quantitative estimate of drug-likeness (QED) is 0.354. The van der Waals surface area contributed by atoms with Gasteiger partial charge in [-0.25, -0.2) is 0 Å². The highest BCUT2D eigenvalue weighted by Crippen LogP contribution is 2.31. The van der Waals surface area contributed by atoms with Gasteiger partial charge in [-0.15, -0.1) is 0 Å². The molecule has 31 heavy (non-hydrogen) atoms. The van der Waals surface area contributed by atoms with Gasteiger partial charge >= 0.3 is 0 Å². The first-order valence-electron chi connectivity index (χ1n) is 10.4. The van der Waals surface area contributed by atoms with E-state index in [1.165, 1.54) is 0 Å². The van der Waals surface area contributed by atoms with Crippen LogP contribution in [0, 0.1) is 0 Å². The number of allylic oxidation sites excluding steroid dienone is 1. The highest BCUT2D eigenvalue weighted by atomic mass is 16.5. The fourth-order valence-corrected chi connectivity index (χ4v) is 4.00. The molecule has 2 N–H and O–H groups in total. The largest absolute Gasteiger partial charge is 0.511 e. The number of aliphatic hydroxyl groups excluding tert-OH is 1. The number of benzene rings is 3. The van der Waals surface area contributed by atoms with Gasteiger partial charge in [0.2, 0.25) is 0 Å². The summed E-state index contributed by atoms with van der Waals surface area (Å²) in [5.74, 6) is -0.733. The van der Waals surface area contributed by atoms with Gasteiger partial charge in [0, 0.05) is 5.92 Å². The van der Waals surface area contributed by atoms with E-state index in [1.54, 1.807) is 14.0 Å². The number of aliphatic hydroxyl groups is 1. The number of methoxy groups -OCH3 is 1. The lowest BCUT2D eigenvalue weighted by Crippen LogP contribution is -2.29. The Morgan fingerprint density at radius 1 is 1.03 bits per heavy atom. The monoisotopic (exact) mass is 415 g/mol. The van der Waals surface area contributed by atoms with Crippen LogP contribution in [0.3, 0.4) is 0 Å². The zero-order valence-electron chi connectivity index (χ0n) is 17.6. The second-order valence-corrected chi connectivity index (χ2v) is 7.87. The number of aryl methyl sites for hydroxylation is 1. The summed E-state index contributed by atoms with van der Waals surface area (Å²) in [7, 11) is 1.62. The number of nitrogens with one attached hydrogen (secondary N) is 1. The van der Waals surface area contributed by atoms with Gasteiger partial charge in [0.1, 0.15) is 17.1 Å². The van der Waals surface area contributed by atoms with Crippen LogP contribution in [0.2, 0.25) is 0 Å². The molecule has 158 valence electrons. The zero-order chi connectivity index (χ0) is 22.0. The third-order valence-corrected chi connectivity index (χ3v) is 5.90. The number of fused-ring (bicyclic) bond motifs is 1. The van der Waals surface area contributed by atoms with Gasteiger partial charge in [0.25, 0.3) is 5.91 Å². The molecule has 1 unspecified atom stereocenters. The Morgan fingerprint density at radius 3 is 2.48 bits per heavy atom. The molecule has 3 aromatic carbocycles. The molecule has 1 amide bonds. The van der Waals surface area contributed by atoms with E-state index in [4.69, 9.17) is 4.74 Å². The van der Waals surface area contributed by atoms with Crippen LogP contribution in [0.15, 0.2) is 78.1 Å². The molecule has 0 aromatic heterocycles. The summed E-state index contributed by atoms with van der Waals surface area (Å²) in [4.78, 5) is 25.4. The minimum absolute atomic E-state index is 0.125. The van der Waals surface area contributed by atoms with E-state index in [9.17, 15) is 14.7 Å². The fourth-order valence-electron chi connectivity index (χ4n) is 4.00. The number of carbonyl (C=O) groups is 2. The molecule has 4 rings (SSSR count). The molecule has 2 atom stereocenters. The highest BCUT2D eigenvalue weighted by Gasteiger charge is 2.39. The van der Waals surface area contributed by atoms with E-state index in [2.05, 4.69) is 5.32 Å². The molecule has 1 fully saturated rings. The molecule has 1 aliphatic heterocycles. The molecule has 1 saturated heterocycles. The average molecular weight is 415 g/mol. The molecular formula is C26H25NO4. The molecule has 5 heteroatoms. The Labute approximate surface area is 181 Å². The highest BCUT2D eigenvalue weighted by molar-refractivity contribution is 6.27. The second kappa shape index (κ2) is 8.64. The van der Waals surface area contributed by atoms with Gasteiger partial charge in [0.05, 0.1) is 13.2 Å². The molecule has 5 nitrogen and oxygen atoms in total. The molecule has 0 spiro atoms. The summed E-state index contributed by atoms with van der Waals surface area (Å²) in [5, 5.41) is 15.6. The van der Waals surface area contributed by atoms with Crippen LogP contribution in [-0.4, -0.2) is 29.9 Å². The fraction of sp³-hybridized carbons (Fsp3) is 0.231. The number of rotatable bonds is 6. The number of ether oxygens (including phenoxy) is 1. The van der Waals surface area contributed by atoms with Gasteiger partial charge < -0.3 is 15.2 Å². The van der Waals surface area contributed by atoms with Crippen molar-refractivity contribution in [2.75, 3.05) is 7.11 Å². The minimum atomic E-state index is -0.610. The van der Waals surface area contributed by atoms with Crippen molar-refractivity contribution in [3.63, 3.8) is 0 Å². The maximum absolute atomic E-state index is 12.9. The molecule has 3 aromatic rings. The Balaban J connectivity index is 1.55. The first-order valence-corrected chi connectivity index (χ1v) is 10.4. The standard InChI is InChI=1S/C26H25NO4/c1-16(18-9-10-20-15-21(31-2)12-11-19(20)14-18)24(28)23-25(29)22(27-26(23)30)13-8-17-6-4-3-5-7-17/h3-7,9-12,14-16,22,28H,8,13H2,1-2H3,(H,27,30)/t16?,22-/m0/s1. The van der Waals surface area contributed by atoms with Crippen LogP contribution < -0.4 is 10.1 Å². The number of hydrogen-bond donors (Lipinski definition) is 2. The lowest BCUT2D eigenvalue weighted by Gasteiger charge is -2.14. The second-order valence-electron chi connectivity index (χ2n) is 7.87. The molecule has 0 aliphatic carbocycles. The summed E-state index contributed by atoms with van der Waals surface area (Å²) in [6.07, 6.45) is 1.17. The Hall–Kier alpha value is -3.60. The minimum Gasteiger partial charge on any atom is -0.511 e. The van der Waals surface area contributed by atoms with Crippen molar-refractivity contribution < 1.29 is 19.4 Å². The summed E-state index contributed by atoms with van der Waals surface area (Å²) >= 11 is 0. The van der Waals surface area contributed by atoms with Gasteiger partial charge in [-0.1, -0.05) is 61.5 Å². The van der Waals surface area contributed by atoms with Crippen molar-refractivity contribution in [2.24, 2.45) is 0 Å². The van der Waals surface area contributed by atoms with Crippen LogP contribution >= 0.6 is 0 Å². The SMILES string of the molecule is COc1ccc2cc(C(C)C(O)=C3C(=O)N[C@@H](CCc4ccccc4)C3=O)ccc2c1. The van der Waals surface area contributed by atoms with Crippen LogP contribution in [0.25, 0.3) is 10.8 Å². The van der Waals surface area contributed by atoms with Crippen molar-refractivity contribution >= 4 is 22.5 Å². The summed E-state index contributed by atoms with van der Waals surface area (Å²) < 4.78 is 5.26. The van der Waals surface area contributed by atoms with Gasteiger partial charge in [-0.05, 0) is 46.9 Å². The smallest absolute Gasteiger partial charge is 0.259 e. The normalized spacial score (nSPS) is 18.7. The molecule has 0 saturated carbocycles. The molecule has 1 aliphatic rings. The third kappa shape index (κ3) is 4.17. The van der Waals surface area contributed by atoms with Crippen LogP contribution in [0.5, 0.6) is 5.75 Å². The number of amides is 1. The Bertz CT molecular complexity index is 1170. The average Bonchev–Trinajstić information content (AvgIpc) is 3.09. The van der Waals surface area contributed by atoms with E-state index in [1.807, 2.05) is 66.7 Å². The van der Waals surface area contributed by atoms with Crippen LogP contribution in [0.4, 0.5) is 0 Å². The predicted octanol–water partition coefficient (Wildman–Crippen LogP) is 4.46. The lowest BCUT2D eigenvalue weighted by molar-refractivity contribution is -0.117. The van der Waals surface area contributed by atoms with Crippen molar-refractivity contribution in [3.8, 4) is 5.75 Å². The Morgan fingerprint density at radius 2 is 1.74 bits per heavy atom. The number of carbonyl (C=O) groups excluding carboxylic acids is 2. The zero-order valence-corrected chi connectivity index (χ0v) is 17.6. The molecule has 0 radical (unpaired) electrons. The molecule has 0 bridgehead atoms. The summed E-state index contributed by atoms with van der Waals surface area (Å²) in [6, 6.07) is 20.8. The number of Topliss-reactive ketones (excluding diaryl/α,β-unsaturated/α-hetero) is 1. The van der Waals surface area contributed by atoms with E-state index < -0.39 is 17.9 Å². The van der Waals surface area contributed by atoms with E-state index in [0.29, 0.717) is 12.8 Å². The van der Waals surface area contributed by atoms with Crippen molar-refractivity contribution in [3.05, 3.63) is 89.2 Å². The number of ketones is 1.